The number of nitrogens with zero attached hydrogens (tertiary/aromatic N) is 5. The summed E-state index contributed by atoms with van der Waals surface area (Å²) in [7, 11) is 0. The molecule has 2 aromatic heterocycles. The Kier molecular flexibility index (Phi) is 6.25. The minimum atomic E-state index is -0.161. The molecule has 0 atom stereocenters. The van der Waals surface area contributed by atoms with Gasteiger partial charge in [-0.25, -0.2) is 4.68 Å². The molecule has 0 amide bonds. The van der Waals surface area contributed by atoms with Crippen molar-refractivity contribution in [3.63, 3.8) is 0 Å². The van der Waals surface area contributed by atoms with Crippen molar-refractivity contribution in [3.05, 3.63) is 99.6 Å². The lowest BCUT2D eigenvalue weighted by Gasteiger charge is -2.22. The lowest BCUT2D eigenvalue weighted by Crippen LogP contribution is -2.28. The van der Waals surface area contributed by atoms with Gasteiger partial charge in [-0.05, 0) is 52.2 Å². The summed E-state index contributed by atoms with van der Waals surface area (Å²) < 4.78 is 23.9. The first kappa shape index (κ1) is 24.2. The highest BCUT2D eigenvalue weighted by Gasteiger charge is 2.20. The van der Waals surface area contributed by atoms with Crippen molar-refractivity contribution in [2.75, 3.05) is 13.6 Å². The monoisotopic (exact) mass is 538 g/mol. The van der Waals surface area contributed by atoms with Crippen molar-refractivity contribution in [2.24, 2.45) is 0 Å². The summed E-state index contributed by atoms with van der Waals surface area (Å²) in [5, 5.41) is 13.4. The number of hydrogen-bond donors (Lipinski definition) is 1. The van der Waals surface area contributed by atoms with Crippen molar-refractivity contribution in [2.45, 2.75) is 32.6 Å². The molecule has 11 heteroatoms. The summed E-state index contributed by atoms with van der Waals surface area (Å²) in [6, 6.07) is 21.7. The summed E-state index contributed by atoms with van der Waals surface area (Å²) in [6.45, 7) is 2.39. The highest BCUT2D eigenvalue weighted by atomic mass is 16.7. The van der Waals surface area contributed by atoms with Gasteiger partial charge in [0.25, 0.3) is 5.56 Å². The molecule has 0 aliphatic carbocycles. The predicted molar refractivity (Wildman–Crippen MR) is 144 cm³/mol. The van der Waals surface area contributed by atoms with E-state index < -0.39 is 0 Å². The second kappa shape index (κ2) is 10.3. The Morgan fingerprint density at radius 2 is 1.57 bits per heavy atom. The fourth-order valence-corrected chi connectivity index (χ4v) is 5.05. The largest absolute Gasteiger partial charge is 0.454 e. The Labute approximate surface area is 228 Å². The van der Waals surface area contributed by atoms with Gasteiger partial charge < -0.3 is 23.9 Å². The van der Waals surface area contributed by atoms with Crippen LogP contribution in [0.3, 0.4) is 0 Å². The highest BCUT2D eigenvalue weighted by Crippen LogP contribution is 2.35. The van der Waals surface area contributed by atoms with E-state index in [0.29, 0.717) is 54.5 Å². The van der Waals surface area contributed by atoms with E-state index in [1.165, 1.54) is 5.56 Å². The predicted octanol–water partition coefficient (Wildman–Crippen LogP) is 3.42. The molecule has 2 aliphatic heterocycles. The number of aromatic amines is 1. The Hall–Kier alpha value is -4.90. The topological polar surface area (TPSA) is 117 Å². The summed E-state index contributed by atoms with van der Waals surface area (Å²) in [4.78, 5) is 18.3. The van der Waals surface area contributed by atoms with Crippen molar-refractivity contribution in [3.8, 4) is 23.0 Å². The van der Waals surface area contributed by atoms with Gasteiger partial charge in [0.15, 0.2) is 28.8 Å². The van der Waals surface area contributed by atoms with Crippen LogP contribution in [0.5, 0.6) is 23.0 Å². The first-order valence-electron chi connectivity index (χ1n) is 13.0. The number of benzene rings is 3. The molecule has 11 nitrogen and oxygen atoms in total. The van der Waals surface area contributed by atoms with Crippen molar-refractivity contribution in [1.29, 1.82) is 0 Å². The molecule has 7 rings (SSSR count). The second-order valence-electron chi connectivity index (χ2n) is 9.80. The van der Waals surface area contributed by atoms with E-state index >= 15 is 0 Å². The number of ether oxygens (including phenoxy) is 4. The van der Waals surface area contributed by atoms with Crippen molar-refractivity contribution < 1.29 is 18.9 Å². The zero-order chi connectivity index (χ0) is 26.9. The number of hydrogen-bond acceptors (Lipinski definition) is 9. The van der Waals surface area contributed by atoms with Gasteiger partial charge in [0, 0.05) is 36.7 Å². The molecule has 0 spiro atoms. The van der Waals surface area contributed by atoms with Gasteiger partial charge in [0.1, 0.15) is 0 Å². The summed E-state index contributed by atoms with van der Waals surface area (Å²) in [6.07, 6.45) is 0.807. The normalized spacial score (nSPS) is 13.4. The third-order valence-corrected chi connectivity index (χ3v) is 7.08. The van der Waals surface area contributed by atoms with Crippen molar-refractivity contribution >= 4 is 10.9 Å². The van der Waals surface area contributed by atoms with Crippen LogP contribution in [0.4, 0.5) is 0 Å². The molecule has 202 valence electrons. The van der Waals surface area contributed by atoms with Crippen LogP contribution in [0.1, 0.15) is 22.5 Å². The molecule has 0 fully saturated rings. The fourth-order valence-electron chi connectivity index (χ4n) is 5.05. The maximum atomic E-state index is 13.2. The van der Waals surface area contributed by atoms with Crippen LogP contribution < -0.4 is 24.5 Å². The van der Waals surface area contributed by atoms with Gasteiger partial charge in [0.05, 0.1) is 12.1 Å². The zero-order valence-electron chi connectivity index (χ0n) is 21.6. The Bertz CT molecular complexity index is 1730. The number of tetrazole rings is 1. The number of nitrogens with one attached hydrogen (secondary N) is 1. The Morgan fingerprint density at radius 1 is 0.800 bits per heavy atom. The van der Waals surface area contributed by atoms with Gasteiger partial charge in [-0.3, -0.25) is 9.69 Å². The average Bonchev–Trinajstić information content (AvgIpc) is 3.72. The third kappa shape index (κ3) is 4.94. The van der Waals surface area contributed by atoms with Crippen LogP contribution in [0.15, 0.2) is 71.5 Å². The smallest absolute Gasteiger partial charge is 0.252 e. The van der Waals surface area contributed by atoms with Gasteiger partial charge >= 0.3 is 0 Å². The van der Waals surface area contributed by atoms with E-state index in [4.69, 9.17) is 18.9 Å². The second-order valence-corrected chi connectivity index (χ2v) is 9.80. The lowest BCUT2D eigenvalue weighted by molar-refractivity contribution is 0.173. The molecule has 0 unspecified atom stereocenters. The highest BCUT2D eigenvalue weighted by molar-refractivity contribution is 5.83. The van der Waals surface area contributed by atoms with Crippen LogP contribution in [0, 0.1) is 0 Å². The number of rotatable bonds is 9. The summed E-state index contributed by atoms with van der Waals surface area (Å²) >= 11 is 0. The molecular weight excluding hydrogens is 512 g/mol. The molecule has 3 aromatic carbocycles. The maximum absolute atomic E-state index is 13.2. The number of H-pyrrole nitrogens is 1. The first-order valence-corrected chi connectivity index (χ1v) is 13.0. The van der Waals surface area contributed by atoms with Crippen LogP contribution in [0.25, 0.3) is 10.9 Å². The van der Waals surface area contributed by atoms with E-state index in [1.54, 1.807) is 6.07 Å². The lowest BCUT2D eigenvalue weighted by atomic mass is 10.1. The van der Waals surface area contributed by atoms with Crippen LogP contribution >= 0.6 is 0 Å². The van der Waals surface area contributed by atoms with E-state index in [9.17, 15) is 4.79 Å². The number of aromatic nitrogens is 5. The third-order valence-electron chi connectivity index (χ3n) is 7.08. The Balaban J connectivity index is 1.17. The van der Waals surface area contributed by atoms with E-state index in [1.807, 2.05) is 53.2 Å². The summed E-state index contributed by atoms with van der Waals surface area (Å²) in [5.41, 5.74) is 3.39. The van der Waals surface area contributed by atoms with Crippen LogP contribution in [-0.2, 0) is 32.6 Å². The fraction of sp³-hybridized carbons (Fsp3) is 0.241. The number of aryl methyl sites for hydroxylation is 2. The van der Waals surface area contributed by atoms with Gasteiger partial charge in [0.2, 0.25) is 13.6 Å². The molecule has 4 heterocycles. The molecule has 0 saturated carbocycles. The molecule has 0 saturated heterocycles. The quantitative estimate of drug-likeness (QED) is 0.301. The molecule has 40 heavy (non-hydrogen) atoms. The van der Waals surface area contributed by atoms with E-state index in [0.717, 1.165) is 28.9 Å². The minimum Gasteiger partial charge on any atom is -0.454 e. The van der Waals surface area contributed by atoms with Crippen LogP contribution in [0.2, 0.25) is 0 Å². The molecule has 0 radical (unpaired) electrons. The van der Waals surface area contributed by atoms with Crippen molar-refractivity contribution in [1.82, 2.24) is 30.1 Å². The number of fused-ring (bicyclic) bond motifs is 3. The molecule has 5 aromatic rings. The van der Waals surface area contributed by atoms with Gasteiger partial charge in [-0.1, -0.05) is 36.4 Å². The maximum Gasteiger partial charge on any atom is 0.252 e. The average molecular weight is 539 g/mol. The zero-order valence-corrected chi connectivity index (χ0v) is 21.6. The Morgan fingerprint density at radius 3 is 2.42 bits per heavy atom. The number of pyridine rings is 1. The standard InChI is InChI=1S/C29H26N6O5/c36-29-22(11-21-12-26-27(40-18-39-26)13-23(21)30-29)15-34(14-20-6-7-24-25(10-20)38-17-37-24)16-28-31-32-33-35(28)9-8-19-4-2-1-3-5-19/h1-7,10-13H,8-9,14-18H2,(H,30,36). The summed E-state index contributed by atoms with van der Waals surface area (Å²) in [5.74, 6) is 3.45. The molecular formula is C29H26N6O5. The first-order chi connectivity index (χ1) is 19.7. The van der Waals surface area contributed by atoms with E-state index in [-0.39, 0.29) is 19.1 Å². The minimum absolute atomic E-state index is 0.161. The van der Waals surface area contributed by atoms with Gasteiger partial charge in [-0.2, -0.15) is 0 Å². The van der Waals surface area contributed by atoms with Gasteiger partial charge in [-0.15, -0.1) is 5.10 Å². The SMILES string of the molecule is O=c1[nH]c2cc3c(cc2cc1CN(Cc1ccc2c(c1)OCO2)Cc1nnnn1CCc1ccccc1)OCO3. The molecule has 0 bridgehead atoms. The van der Waals surface area contributed by atoms with E-state index in [2.05, 4.69) is 37.5 Å². The molecule has 1 N–H and O–H groups in total. The van der Waals surface area contributed by atoms with Crippen LogP contribution in [-0.4, -0.2) is 43.7 Å². The molecule has 2 aliphatic rings.